The zero-order valence-corrected chi connectivity index (χ0v) is 26.4. The van der Waals surface area contributed by atoms with Gasteiger partial charge in [-0.2, -0.15) is 0 Å². The third-order valence-electron chi connectivity index (χ3n) is 9.64. The molecule has 13 heteroatoms. The molecule has 1 amide bonds. The molecule has 0 radical (unpaired) electrons. The average molecular weight is 630 g/mol. The lowest BCUT2D eigenvalue weighted by Gasteiger charge is -2.61. The molecule has 0 saturated carbocycles. The second kappa shape index (κ2) is 12.6. The van der Waals surface area contributed by atoms with Gasteiger partial charge in [-0.15, -0.1) is 0 Å². The topological polar surface area (TPSA) is 176 Å². The molecule has 7 atom stereocenters. The van der Waals surface area contributed by atoms with Crippen LogP contribution in [0.15, 0.2) is 24.0 Å². The normalized spacial score (nSPS) is 27.9. The van der Waals surface area contributed by atoms with Crippen LogP contribution in [0.3, 0.4) is 0 Å². The summed E-state index contributed by atoms with van der Waals surface area (Å²) in [6.45, 7) is 5.10. The van der Waals surface area contributed by atoms with Crippen LogP contribution in [0.1, 0.15) is 64.0 Å². The number of nitrogens with one attached hydrogen (secondary N) is 1. The minimum atomic E-state index is -1.35. The summed E-state index contributed by atoms with van der Waals surface area (Å²) < 4.78 is 28.5. The van der Waals surface area contributed by atoms with E-state index in [2.05, 4.69) is 10.2 Å². The molecule has 4 aliphatic rings. The molecule has 45 heavy (non-hydrogen) atoms. The van der Waals surface area contributed by atoms with Gasteiger partial charge in [-0.1, -0.05) is 6.07 Å². The van der Waals surface area contributed by atoms with Gasteiger partial charge in [-0.25, -0.2) is 14.4 Å². The molecule has 1 aromatic rings. The molecule has 5 rings (SSSR count). The maximum Gasteiger partial charge on any atom is 0.352 e. The van der Waals surface area contributed by atoms with Gasteiger partial charge in [0, 0.05) is 24.9 Å². The van der Waals surface area contributed by atoms with Gasteiger partial charge in [-0.05, 0) is 83.8 Å². The highest BCUT2D eigenvalue weighted by molar-refractivity contribution is 5.86. The second-order valence-corrected chi connectivity index (χ2v) is 12.4. The first-order valence-electron chi connectivity index (χ1n) is 15.5. The Morgan fingerprint density at radius 2 is 1.84 bits per heavy atom. The first kappa shape index (κ1) is 32.7. The number of hydrogen-bond donors (Lipinski definition) is 3. The first-order chi connectivity index (χ1) is 21.4. The molecule has 2 heterocycles. The number of nitrogens with zero attached hydrogens (tertiary/aromatic N) is 1. The number of rotatable bonds is 12. The van der Waals surface area contributed by atoms with Gasteiger partial charge in [0.15, 0.2) is 29.8 Å². The summed E-state index contributed by atoms with van der Waals surface area (Å²) >= 11 is 0. The third-order valence-corrected chi connectivity index (χ3v) is 9.64. The van der Waals surface area contributed by atoms with Crippen LogP contribution >= 0.6 is 0 Å². The van der Waals surface area contributed by atoms with Crippen LogP contribution in [-0.4, -0.2) is 97.1 Å². The maximum absolute atomic E-state index is 13.3. The largest absolute Gasteiger partial charge is 0.493 e. The van der Waals surface area contributed by atoms with Gasteiger partial charge in [-0.3, -0.25) is 4.79 Å². The third kappa shape index (κ3) is 5.55. The van der Waals surface area contributed by atoms with E-state index in [1.165, 1.54) is 20.8 Å². The number of esters is 3. The van der Waals surface area contributed by atoms with E-state index in [1.54, 1.807) is 13.2 Å². The SMILES string of the molecule is COc1ccc2c3c1O[C@H]1C(OC(=O)[C@H](C)OC(=O)[C@H](C)OC(=O)[C@H](CCCCN)NC(C)=O)=CC[C@@]4(O)[C@H](C2)N(C)CC[C@]314. The number of methoxy groups -OCH3 is 1. The van der Waals surface area contributed by atoms with Gasteiger partial charge in [0.05, 0.1) is 18.1 Å². The summed E-state index contributed by atoms with van der Waals surface area (Å²) in [5.41, 5.74) is 5.46. The molecule has 0 aromatic heterocycles. The Bertz CT molecular complexity index is 1400. The number of amides is 1. The number of carbonyl (C=O) groups excluding carboxylic acids is 4. The number of carbonyl (C=O) groups is 4. The molecule has 246 valence electrons. The van der Waals surface area contributed by atoms with Crippen molar-refractivity contribution in [3.05, 3.63) is 35.1 Å². The lowest BCUT2D eigenvalue weighted by molar-refractivity contribution is -0.180. The van der Waals surface area contributed by atoms with Crippen molar-refractivity contribution in [2.45, 2.75) is 101 Å². The second-order valence-electron chi connectivity index (χ2n) is 12.4. The molecule has 1 saturated heterocycles. The molecule has 1 aromatic carbocycles. The van der Waals surface area contributed by atoms with E-state index in [-0.39, 0.29) is 18.2 Å². The number of hydrogen-bond acceptors (Lipinski definition) is 12. The van der Waals surface area contributed by atoms with E-state index in [0.717, 1.165) is 11.1 Å². The Morgan fingerprint density at radius 1 is 1.13 bits per heavy atom. The van der Waals surface area contributed by atoms with Gasteiger partial charge in [0.2, 0.25) is 5.91 Å². The Kier molecular flexibility index (Phi) is 9.16. The fraction of sp³-hybridized carbons (Fsp3) is 0.625. The Labute approximate surface area is 262 Å². The van der Waals surface area contributed by atoms with Crippen molar-refractivity contribution in [1.82, 2.24) is 10.2 Å². The number of benzene rings is 1. The van der Waals surface area contributed by atoms with E-state index >= 15 is 0 Å². The fourth-order valence-electron chi connectivity index (χ4n) is 7.40. The predicted octanol–water partition coefficient (Wildman–Crippen LogP) is 1.01. The van der Waals surface area contributed by atoms with Crippen molar-refractivity contribution < 1.29 is 48.0 Å². The fourth-order valence-corrected chi connectivity index (χ4v) is 7.40. The number of likely N-dealkylation sites (tertiary alicyclic amines) is 1. The number of aliphatic hydroxyl groups is 1. The van der Waals surface area contributed by atoms with Crippen LogP contribution in [0.25, 0.3) is 0 Å². The van der Waals surface area contributed by atoms with Crippen LogP contribution in [0.5, 0.6) is 11.5 Å². The highest BCUT2D eigenvalue weighted by Gasteiger charge is 2.72. The molecule has 0 unspecified atom stereocenters. The number of ether oxygens (including phenoxy) is 5. The standard InChI is InChI=1S/C32H43N3O10/c1-17(43-30(39)21(34-19(3)36)8-6-7-14-33)28(37)42-18(2)29(38)44-23-11-12-32(40)24-16-20-9-10-22(41-5)26-25(20)31(32,27(23)45-26)13-15-35(24)4/h9-11,17-18,21,24,27,40H,6-8,12-16,33H2,1-5H3,(H,34,36)/t17-,18-,21-,24-,27-,31-,32+/m0/s1. The molecule has 2 aliphatic heterocycles. The number of nitrogens with two attached hydrogens (primary N) is 1. The minimum absolute atomic E-state index is 0.160. The molecule has 4 N–H and O–H groups in total. The Balaban J connectivity index is 1.28. The lowest BCUT2D eigenvalue weighted by Crippen LogP contribution is -2.74. The van der Waals surface area contributed by atoms with Gasteiger partial charge in [0.1, 0.15) is 11.8 Å². The molecular formula is C32H43N3O10. The monoisotopic (exact) mass is 629 g/mol. The Hall–Kier alpha value is -3.68. The summed E-state index contributed by atoms with van der Waals surface area (Å²) in [6.07, 6.45) is 1.17. The van der Waals surface area contributed by atoms with Crippen LogP contribution in [-0.2, 0) is 45.2 Å². The molecule has 1 spiro atoms. The number of unbranched alkanes of at least 4 members (excludes halogenated alkanes) is 1. The smallest absolute Gasteiger partial charge is 0.352 e. The Morgan fingerprint density at radius 3 is 2.53 bits per heavy atom. The van der Waals surface area contributed by atoms with Gasteiger partial charge < -0.3 is 44.7 Å². The van der Waals surface area contributed by atoms with Crippen molar-refractivity contribution in [2.24, 2.45) is 5.73 Å². The molecule has 1 fully saturated rings. The highest BCUT2D eigenvalue weighted by atomic mass is 16.6. The first-order valence-corrected chi connectivity index (χ1v) is 15.5. The predicted molar refractivity (Wildman–Crippen MR) is 159 cm³/mol. The van der Waals surface area contributed by atoms with E-state index in [4.69, 9.17) is 29.4 Å². The summed E-state index contributed by atoms with van der Waals surface area (Å²) in [7, 11) is 3.56. The van der Waals surface area contributed by atoms with E-state index in [0.29, 0.717) is 56.7 Å². The van der Waals surface area contributed by atoms with Crippen LogP contribution < -0.4 is 20.5 Å². The van der Waals surface area contributed by atoms with E-state index < -0.39 is 59.2 Å². The zero-order chi connectivity index (χ0) is 32.7. The van der Waals surface area contributed by atoms with Crippen molar-refractivity contribution >= 4 is 23.8 Å². The van der Waals surface area contributed by atoms with Crippen LogP contribution in [0, 0.1) is 0 Å². The van der Waals surface area contributed by atoms with Crippen molar-refractivity contribution in [3.63, 3.8) is 0 Å². The van der Waals surface area contributed by atoms with Crippen LogP contribution in [0.2, 0.25) is 0 Å². The summed E-state index contributed by atoms with van der Waals surface area (Å²) in [6, 6.07) is 2.75. The van der Waals surface area contributed by atoms with Crippen molar-refractivity contribution in [2.75, 3.05) is 27.2 Å². The summed E-state index contributed by atoms with van der Waals surface area (Å²) in [5.74, 6) is -1.70. The molecule has 2 aliphatic carbocycles. The van der Waals surface area contributed by atoms with Crippen LogP contribution in [0.4, 0.5) is 0 Å². The van der Waals surface area contributed by atoms with Crippen molar-refractivity contribution in [1.29, 1.82) is 0 Å². The number of likely N-dealkylation sites (N-methyl/N-ethyl adjacent to an activating group) is 1. The van der Waals surface area contributed by atoms with E-state index in [1.807, 2.05) is 19.2 Å². The average Bonchev–Trinajstić information content (AvgIpc) is 3.35. The summed E-state index contributed by atoms with van der Waals surface area (Å²) in [5, 5.41) is 14.8. The minimum Gasteiger partial charge on any atom is -0.493 e. The highest BCUT2D eigenvalue weighted by Crippen LogP contribution is 2.65. The maximum atomic E-state index is 13.3. The molecule has 2 bridgehead atoms. The molecular weight excluding hydrogens is 586 g/mol. The lowest BCUT2D eigenvalue weighted by atomic mass is 9.50. The molecule has 13 nitrogen and oxygen atoms in total. The summed E-state index contributed by atoms with van der Waals surface area (Å²) in [4.78, 5) is 52.5. The van der Waals surface area contributed by atoms with Crippen molar-refractivity contribution in [3.8, 4) is 11.5 Å². The zero-order valence-electron chi connectivity index (χ0n) is 26.4. The number of piperidine rings is 1. The van der Waals surface area contributed by atoms with Gasteiger partial charge >= 0.3 is 17.9 Å². The quantitative estimate of drug-likeness (QED) is 0.170. The van der Waals surface area contributed by atoms with E-state index in [9.17, 15) is 24.3 Å². The van der Waals surface area contributed by atoms with Gasteiger partial charge in [0.25, 0.3) is 0 Å².